The lowest BCUT2D eigenvalue weighted by Gasteiger charge is -2.08. The molecule has 0 atom stereocenters. The van der Waals surface area contributed by atoms with E-state index in [0.717, 1.165) is 5.39 Å². The normalized spacial score (nSPS) is 10.6. The Balaban J connectivity index is 0.00000162. The highest BCUT2D eigenvalue weighted by Crippen LogP contribution is 2.21. The number of aromatic nitrogens is 1. The molecular weight excluding hydrogens is 309 g/mol. The van der Waals surface area contributed by atoms with Crippen LogP contribution in [-0.2, 0) is 10.0 Å². The van der Waals surface area contributed by atoms with Crippen molar-refractivity contribution in [3.8, 4) is 0 Å². The summed E-state index contributed by atoms with van der Waals surface area (Å²) in [6, 6.07) is 6.78. The standard InChI is InChI=1S/C11H13N3O2S.2ClH/c12-5-7-14-17(15,16)11-3-1-2-9-8-13-6-4-10(9)11;;/h1-4,6,8,14H,5,7,12H2;2*1H/p-2. The summed E-state index contributed by atoms with van der Waals surface area (Å²) in [5.74, 6) is 0. The van der Waals surface area contributed by atoms with Crippen LogP contribution in [0.2, 0.25) is 0 Å². The minimum Gasteiger partial charge on any atom is -1.00 e. The highest BCUT2D eigenvalue weighted by molar-refractivity contribution is 7.89. The summed E-state index contributed by atoms with van der Waals surface area (Å²) < 4.78 is 26.5. The summed E-state index contributed by atoms with van der Waals surface area (Å²) in [4.78, 5) is 4.22. The van der Waals surface area contributed by atoms with Gasteiger partial charge in [-0.05, 0) is 12.1 Å². The molecule has 0 saturated carbocycles. The van der Waals surface area contributed by atoms with Gasteiger partial charge in [0.2, 0.25) is 10.0 Å². The van der Waals surface area contributed by atoms with Crippen molar-refractivity contribution in [2.75, 3.05) is 13.1 Å². The second-order valence-corrected chi connectivity index (χ2v) is 5.27. The van der Waals surface area contributed by atoms with Crippen LogP contribution in [0.5, 0.6) is 0 Å². The Kier molecular flexibility index (Phi) is 7.25. The smallest absolute Gasteiger partial charge is 0.241 e. The van der Waals surface area contributed by atoms with Crippen molar-refractivity contribution in [3.05, 3.63) is 36.7 Å². The molecular formula is C11H13Cl2N3O2S-2. The maximum Gasteiger partial charge on any atom is 0.241 e. The van der Waals surface area contributed by atoms with Gasteiger partial charge in [0, 0.05) is 36.3 Å². The first kappa shape index (κ1) is 18.1. The Morgan fingerprint density at radius 3 is 2.63 bits per heavy atom. The third kappa shape index (κ3) is 4.02. The maximum atomic E-state index is 12.0. The highest BCUT2D eigenvalue weighted by Gasteiger charge is 2.15. The molecule has 0 saturated heterocycles. The fourth-order valence-electron chi connectivity index (χ4n) is 1.60. The summed E-state index contributed by atoms with van der Waals surface area (Å²) in [7, 11) is -3.51. The highest BCUT2D eigenvalue weighted by atomic mass is 35.5. The largest absolute Gasteiger partial charge is 1.00 e. The fourth-order valence-corrected chi connectivity index (χ4v) is 2.87. The van der Waals surface area contributed by atoms with E-state index in [4.69, 9.17) is 5.73 Å². The van der Waals surface area contributed by atoms with E-state index in [1.165, 1.54) is 0 Å². The first-order chi connectivity index (χ1) is 8.15. The molecule has 0 aliphatic carbocycles. The Bertz CT molecular complexity index is 629. The van der Waals surface area contributed by atoms with Gasteiger partial charge in [0.1, 0.15) is 0 Å². The summed E-state index contributed by atoms with van der Waals surface area (Å²) in [5, 5.41) is 1.45. The molecule has 1 aromatic heterocycles. The van der Waals surface area contributed by atoms with E-state index in [0.29, 0.717) is 5.39 Å². The van der Waals surface area contributed by atoms with Gasteiger partial charge in [-0.15, -0.1) is 0 Å². The van der Waals surface area contributed by atoms with E-state index >= 15 is 0 Å². The molecule has 0 amide bonds. The number of hydrogen-bond donors (Lipinski definition) is 2. The number of pyridine rings is 1. The second-order valence-electron chi connectivity index (χ2n) is 3.54. The van der Waals surface area contributed by atoms with Crippen molar-refractivity contribution >= 4 is 20.8 Å². The lowest BCUT2D eigenvalue weighted by atomic mass is 10.2. The average molecular weight is 322 g/mol. The number of nitrogens with zero attached hydrogens (tertiary/aromatic N) is 1. The third-order valence-corrected chi connectivity index (χ3v) is 3.89. The van der Waals surface area contributed by atoms with Crippen molar-refractivity contribution in [3.63, 3.8) is 0 Å². The molecule has 2 aromatic rings. The molecule has 5 nitrogen and oxygen atoms in total. The first-order valence-electron chi connectivity index (χ1n) is 5.17. The van der Waals surface area contributed by atoms with Crippen molar-refractivity contribution in [1.29, 1.82) is 0 Å². The van der Waals surface area contributed by atoms with Gasteiger partial charge in [0.05, 0.1) is 4.90 Å². The van der Waals surface area contributed by atoms with E-state index in [2.05, 4.69) is 9.71 Å². The number of nitrogens with one attached hydrogen (secondary N) is 1. The molecule has 1 aromatic carbocycles. The van der Waals surface area contributed by atoms with Crippen molar-refractivity contribution < 1.29 is 33.2 Å². The first-order valence-corrected chi connectivity index (χ1v) is 6.66. The number of hydrogen-bond acceptors (Lipinski definition) is 4. The molecule has 0 aliphatic heterocycles. The van der Waals surface area contributed by atoms with Gasteiger partial charge < -0.3 is 30.5 Å². The lowest BCUT2D eigenvalue weighted by molar-refractivity contribution is -0.001000. The number of rotatable bonds is 4. The number of halogens is 2. The van der Waals surface area contributed by atoms with Crippen molar-refractivity contribution in [2.45, 2.75) is 4.90 Å². The Hall–Kier alpha value is -0.920. The van der Waals surface area contributed by atoms with Crippen LogP contribution in [0, 0.1) is 0 Å². The minimum atomic E-state index is -3.51. The maximum absolute atomic E-state index is 12.0. The molecule has 19 heavy (non-hydrogen) atoms. The predicted molar refractivity (Wildman–Crippen MR) is 66.0 cm³/mol. The summed E-state index contributed by atoms with van der Waals surface area (Å²) in [6.07, 6.45) is 3.21. The molecule has 0 radical (unpaired) electrons. The predicted octanol–water partition coefficient (Wildman–Crippen LogP) is -5.52. The van der Waals surface area contributed by atoms with E-state index in [-0.39, 0.29) is 42.8 Å². The van der Waals surface area contributed by atoms with Crippen LogP contribution in [0.1, 0.15) is 0 Å². The minimum absolute atomic E-state index is 0. The van der Waals surface area contributed by atoms with Crippen LogP contribution in [0.15, 0.2) is 41.6 Å². The summed E-state index contributed by atoms with van der Waals surface area (Å²) in [6.45, 7) is 0.495. The number of fused-ring (bicyclic) bond motifs is 1. The van der Waals surface area contributed by atoms with Gasteiger partial charge in [0.15, 0.2) is 0 Å². The van der Waals surface area contributed by atoms with E-state index in [9.17, 15) is 8.42 Å². The summed E-state index contributed by atoms with van der Waals surface area (Å²) in [5.41, 5.74) is 5.29. The van der Waals surface area contributed by atoms with E-state index in [1.807, 2.05) is 6.07 Å². The van der Waals surface area contributed by atoms with Crippen molar-refractivity contribution in [2.24, 2.45) is 5.73 Å². The van der Waals surface area contributed by atoms with E-state index in [1.54, 1.807) is 30.6 Å². The molecule has 1 heterocycles. The van der Waals surface area contributed by atoms with Crippen LogP contribution in [0.4, 0.5) is 0 Å². The monoisotopic (exact) mass is 321 g/mol. The molecule has 0 aliphatic rings. The molecule has 2 rings (SSSR count). The van der Waals surface area contributed by atoms with Crippen LogP contribution >= 0.6 is 0 Å². The molecule has 0 spiro atoms. The molecule has 0 bridgehead atoms. The van der Waals surface area contributed by atoms with Crippen LogP contribution in [-0.4, -0.2) is 26.5 Å². The van der Waals surface area contributed by atoms with Crippen LogP contribution in [0.3, 0.4) is 0 Å². The van der Waals surface area contributed by atoms with Crippen LogP contribution in [0.25, 0.3) is 10.8 Å². The van der Waals surface area contributed by atoms with E-state index < -0.39 is 10.0 Å². The zero-order valence-electron chi connectivity index (χ0n) is 9.88. The van der Waals surface area contributed by atoms with Gasteiger partial charge in [-0.25, -0.2) is 13.1 Å². The zero-order chi connectivity index (χ0) is 12.3. The topological polar surface area (TPSA) is 85.1 Å². The third-order valence-electron chi connectivity index (χ3n) is 2.37. The quantitative estimate of drug-likeness (QED) is 0.588. The number of sulfonamides is 1. The average Bonchev–Trinajstić information content (AvgIpc) is 2.36. The summed E-state index contributed by atoms with van der Waals surface area (Å²) >= 11 is 0. The lowest BCUT2D eigenvalue weighted by Crippen LogP contribution is -3.00. The van der Waals surface area contributed by atoms with Crippen LogP contribution < -0.4 is 35.3 Å². The SMILES string of the molecule is NCCNS(=O)(=O)c1cccc2cnccc12.[Cl-].[Cl-]. The molecule has 3 N–H and O–H groups in total. The van der Waals surface area contributed by atoms with Gasteiger partial charge in [0.25, 0.3) is 0 Å². The second kappa shape index (κ2) is 7.62. The molecule has 0 fully saturated rings. The molecule has 0 unspecified atom stereocenters. The number of benzene rings is 1. The molecule has 106 valence electrons. The fraction of sp³-hybridized carbons (Fsp3) is 0.182. The Morgan fingerprint density at radius 2 is 1.95 bits per heavy atom. The van der Waals surface area contributed by atoms with Gasteiger partial charge in [-0.1, -0.05) is 12.1 Å². The number of nitrogens with two attached hydrogens (primary N) is 1. The Labute approximate surface area is 124 Å². The van der Waals surface area contributed by atoms with Gasteiger partial charge in [-0.3, -0.25) is 4.98 Å². The van der Waals surface area contributed by atoms with Crippen molar-refractivity contribution in [1.82, 2.24) is 9.71 Å². The molecule has 8 heteroatoms. The van der Waals surface area contributed by atoms with Gasteiger partial charge in [-0.2, -0.15) is 0 Å². The van der Waals surface area contributed by atoms with Gasteiger partial charge >= 0.3 is 0 Å². The zero-order valence-corrected chi connectivity index (χ0v) is 12.2. The Morgan fingerprint density at radius 1 is 1.21 bits per heavy atom.